The molecule has 0 radical (unpaired) electrons. The maximum Gasteiger partial charge on any atom is 0.170 e. The Kier molecular flexibility index (Phi) is 7.81. The van der Waals surface area contributed by atoms with Crippen LogP contribution in [0.15, 0.2) is 36.7 Å². The van der Waals surface area contributed by atoms with Crippen LogP contribution in [0.5, 0.6) is 0 Å². The fraction of sp³-hybridized carbons (Fsp3) is 0.444. The maximum absolute atomic E-state index is 13.7. The standard InChI is InChI=1S/C18H26FN5S/c1-3-23(4-2)11-7-10-20-18(25)22-16-12-21-24(14-16)13-15-8-5-6-9-17(15)19/h5-6,8-9,12,14H,3-4,7,10-11,13H2,1-2H3,(H2,20,22,25). The Morgan fingerprint density at radius 3 is 2.76 bits per heavy atom. The first-order chi connectivity index (χ1) is 12.1. The molecule has 2 rings (SSSR count). The molecular weight excluding hydrogens is 337 g/mol. The summed E-state index contributed by atoms with van der Waals surface area (Å²) in [6.07, 6.45) is 4.54. The lowest BCUT2D eigenvalue weighted by Gasteiger charge is -2.18. The van der Waals surface area contributed by atoms with Gasteiger partial charge in [0.2, 0.25) is 0 Å². The predicted octanol–water partition coefficient (Wildman–Crippen LogP) is 3.09. The Bertz CT molecular complexity index is 669. The van der Waals surface area contributed by atoms with Crippen molar-refractivity contribution in [3.8, 4) is 0 Å². The molecule has 0 saturated carbocycles. The fourth-order valence-electron chi connectivity index (χ4n) is 2.54. The topological polar surface area (TPSA) is 45.1 Å². The highest BCUT2D eigenvalue weighted by atomic mass is 32.1. The van der Waals surface area contributed by atoms with Gasteiger partial charge in [-0.1, -0.05) is 32.0 Å². The number of hydrogen-bond acceptors (Lipinski definition) is 3. The molecule has 0 aliphatic rings. The molecule has 0 fully saturated rings. The van der Waals surface area contributed by atoms with Crippen molar-refractivity contribution in [2.24, 2.45) is 0 Å². The maximum atomic E-state index is 13.7. The van der Waals surface area contributed by atoms with E-state index in [1.807, 2.05) is 12.3 Å². The molecule has 0 aliphatic carbocycles. The van der Waals surface area contributed by atoms with Crippen LogP contribution in [0.1, 0.15) is 25.8 Å². The molecule has 2 N–H and O–H groups in total. The highest BCUT2D eigenvalue weighted by Gasteiger charge is 2.05. The van der Waals surface area contributed by atoms with Gasteiger partial charge in [-0.2, -0.15) is 5.10 Å². The van der Waals surface area contributed by atoms with Gasteiger partial charge in [0.05, 0.1) is 18.4 Å². The highest BCUT2D eigenvalue weighted by Crippen LogP contribution is 2.10. The zero-order valence-electron chi connectivity index (χ0n) is 14.8. The van der Waals surface area contributed by atoms with Crippen LogP contribution < -0.4 is 10.6 Å². The van der Waals surface area contributed by atoms with Gasteiger partial charge in [-0.05, 0) is 44.3 Å². The van der Waals surface area contributed by atoms with Crippen molar-refractivity contribution in [2.75, 3.05) is 31.5 Å². The number of nitrogens with one attached hydrogen (secondary N) is 2. The number of rotatable bonds is 9. The largest absolute Gasteiger partial charge is 0.362 e. The molecule has 0 saturated heterocycles. The minimum absolute atomic E-state index is 0.224. The molecule has 0 atom stereocenters. The Morgan fingerprint density at radius 1 is 1.28 bits per heavy atom. The van der Waals surface area contributed by atoms with Crippen LogP contribution in [0.2, 0.25) is 0 Å². The van der Waals surface area contributed by atoms with Crippen molar-refractivity contribution < 1.29 is 4.39 Å². The monoisotopic (exact) mass is 363 g/mol. The van der Waals surface area contributed by atoms with Gasteiger partial charge in [0.1, 0.15) is 5.82 Å². The lowest BCUT2D eigenvalue weighted by atomic mass is 10.2. The predicted molar refractivity (Wildman–Crippen MR) is 104 cm³/mol. The number of benzene rings is 1. The molecule has 0 aliphatic heterocycles. The molecule has 1 aromatic heterocycles. The molecule has 0 unspecified atom stereocenters. The van der Waals surface area contributed by atoms with E-state index in [1.54, 1.807) is 23.0 Å². The smallest absolute Gasteiger partial charge is 0.170 e. The van der Waals surface area contributed by atoms with Crippen molar-refractivity contribution in [3.63, 3.8) is 0 Å². The summed E-state index contributed by atoms with van der Waals surface area (Å²) in [7, 11) is 0. The van der Waals surface area contributed by atoms with E-state index < -0.39 is 0 Å². The summed E-state index contributed by atoms with van der Waals surface area (Å²) in [6.45, 7) is 8.75. The zero-order chi connectivity index (χ0) is 18.1. The summed E-state index contributed by atoms with van der Waals surface area (Å²) in [5, 5.41) is 11.1. The number of aromatic nitrogens is 2. The van der Waals surface area contributed by atoms with Crippen LogP contribution in [-0.2, 0) is 6.54 Å². The first-order valence-corrected chi connectivity index (χ1v) is 9.06. The van der Waals surface area contributed by atoms with E-state index in [9.17, 15) is 4.39 Å². The average Bonchev–Trinajstić information content (AvgIpc) is 3.04. The van der Waals surface area contributed by atoms with Crippen LogP contribution in [0, 0.1) is 5.82 Å². The van der Waals surface area contributed by atoms with E-state index in [-0.39, 0.29) is 5.82 Å². The van der Waals surface area contributed by atoms with Crippen LogP contribution in [0.4, 0.5) is 10.1 Å². The van der Waals surface area contributed by atoms with E-state index in [4.69, 9.17) is 12.2 Å². The molecule has 0 amide bonds. The highest BCUT2D eigenvalue weighted by molar-refractivity contribution is 7.80. The summed E-state index contributed by atoms with van der Waals surface area (Å²) in [4.78, 5) is 2.38. The quantitative estimate of drug-likeness (QED) is 0.529. The molecule has 7 heteroatoms. The first kappa shape index (κ1) is 19.3. The average molecular weight is 364 g/mol. The van der Waals surface area contributed by atoms with E-state index in [1.165, 1.54) is 6.07 Å². The lowest BCUT2D eigenvalue weighted by molar-refractivity contribution is 0.300. The van der Waals surface area contributed by atoms with E-state index >= 15 is 0 Å². The van der Waals surface area contributed by atoms with Gasteiger partial charge in [-0.3, -0.25) is 4.68 Å². The van der Waals surface area contributed by atoms with Gasteiger partial charge in [0.15, 0.2) is 5.11 Å². The molecule has 1 heterocycles. The normalized spacial score (nSPS) is 10.9. The van der Waals surface area contributed by atoms with Crippen LogP contribution >= 0.6 is 12.2 Å². The summed E-state index contributed by atoms with van der Waals surface area (Å²) >= 11 is 5.30. The minimum atomic E-state index is -0.224. The molecule has 2 aromatic rings. The number of nitrogens with zero attached hydrogens (tertiary/aromatic N) is 3. The minimum Gasteiger partial charge on any atom is -0.362 e. The van der Waals surface area contributed by atoms with Gasteiger partial charge in [0, 0.05) is 18.3 Å². The molecule has 0 spiro atoms. The first-order valence-electron chi connectivity index (χ1n) is 8.65. The van der Waals surface area contributed by atoms with Gasteiger partial charge in [0.25, 0.3) is 0 Å². The molecule has 0 bridgehead atoms. The van der Waals surface area contributed by atoms with Crippen molar-refractivity contribution >= 4 is 23.0 Å². The van der Waals surface area contributed by atoms with Gasteiger partial charge in [-0.15, -0.1) is 0 Å². The lowest BCUT2D eigenvalue weighted by Crippen LogP contribution is -2.32. The Morgan fingerprint density at radius 2 is 2.04 bits per heavy atom. The molecular formula is C18H26FN5S. The Hall–Kier alpha value is -1.99. The molecule has 1 aromatic carbocycles. The van der Waals surface area contributed by atoms with Gasteiger partial charge in [-0.25, -0.2) is 4.39 Å². The molecule has 5 nitrogen and oxygen atoms in total. The second kappa shape index (κ2) is 10.1. The summed E-state index contributed by atoms with van der Waals surface area (Å²) in [5.74, 6) is -0.224. The second-order valence-corrected chi connectivity index (χ2v) is 6.19. The van der Waals surface area contributed by atoms with Crippen molar-refractivity contribution in [2.45, 2.75) is 26.8 Å². The molecule has 136 valence electrons. The third kappa shape index (κ3) is 6.43. The SMILES string of the molecule is CCN(CC)CCCNC(=S)Nc1cnn(Cc2ccccc2F)c1. The van der Waals surface area contributed by atoms with E-state index in [2.05, 4.69) is 34.5 Å². The number of anilines is 1. The Labute approximate surface area is 154 Å². The third-order valence-corrected chi connectivity index (χ3v) is 4.26. The fourth-order valence-corrected chi connectivity index (χ4v) is 2.76. The number of thiocarbonyl (C=S) groups is 1. The van der Waals surface area contributed by atoms with Crippen LogP contribution in [0.25, 0.3) is 0 Å². The molecule has 25 heavy (non-hydrogen) atoms. The van der Waals surface area contributed by atoms with Crippen LogP contribution in [0.3, 0.4) is 0 Å². The third-order valence-electron chi connectivity index (χ3n) is 4.01. The summed E-state index contributed by atoms with van der Waals surface area (Å²) < 4.78 is 15.4. The van der Waals surface area contributed by atoms with E-state index in [0.717, 1.165) is 38.3 Å². The van der Waals surface area contributed by atoms with Crippen molar-refractivity contribution in [3.05, 3.63) is 48.0 Å². The van der Waals surface area contributed by atoms with E-state index in [0.29, 0.717) is 17.2 Å². The Balaban J connectivity index is 1.75. The second-order valence-electron chi connectivity index (χ2n) is 5.78. The summed E-state index contributed by atoms with van der Waals surface area (Å²) in [5.41, 5.74) is 1.40. The van der Waals surface area contributed by atoms with Gasteiger partial charge >= 0.3 is 0 Å². The zero-order valence-corrected chi connectivity index (χ0v) is 15.7. The van der Waals surface area contributed by atoms with Crippen molar-refractivity contribution in [1.29, 1.82) is 0 Å². The number of hydrogen-bond donors (Lipinski definition) is 2. The summed E-state index contributed by atoms with van der Waals surface area (Å²) in [6, 6.07) is 6.71. The van der Waals surface area contributed by atoms with Crippen LogP contribution in [-0.4, -0.2) is 46.0 Å². The van der Waals surface area contributed by atoms with Crippen molar-refractivity contribution in [1.82, 2.24) is 20.0 Å². The van der Waals surface area contributed by atoms with Gasteiger partial charge < -0.3 is 15.5 Å². The number of halogens is 1.